The minimum absolute atomic E-state index is 0.0614. The van der Waals surface area contributed by atoms with Gasteiger partial charge in [0, 0.05) is 32.3 Å². The molecule has 3 rings (SSSR count). The molecule has 0 radical (unpaired) electrons. The summed E-state index contributed by atoms with van der Waals surface area (Å²) in [4.78, 5) is 19.0. The van der Waals surface area contributed by atoms with E-state index in [0.717, 1.165) is 31.7 Å². The van der Waals surface area contributed by atoms with Crippen LogP contribution in [0.15, 0.2) is 42.9 Å². The number of hydrogen-bond acceptors (Lipinski definition) is 3. The molecule has 5 heteroatoms. The van der Waals surface area contributed by atoms with E-state index in [0.29, 0.717) is 12.3 Å². The van der Waals surface area contributed by atoms with E-state index in [2.05, 4.69) is 24.0 Å². The highest BCUT2D eigenvalue weighted by molar-refractivity contribution is 5.82. The Morgan fingerprint density at radius 2 is 2.12 bits per heavy atom. The molecule has 1 fully saturated rings. The number of amides is 1. The van der Waals surface area contributed by atoms with Crippen LogP contribution in [0, 0.1) is 5.92 Å². The zero-order chi connectivity index (χ0) is 17.6. The first-order valence-electron chi connectivity index (χ1n) is 9.24. The molecule has 1 aliphatic rings. The number of imidazole rings is 1. The third-order valence-electron chi connectivity index (χ3n) is 4.62. The van der Waals surface area contributed by atoms with Crippen LogP contribution in [0.2, 0.25) is 0 Å². The van der Waals surface area contributed by atoms with E-state index >= 15 is 0 Å². The Labute approximate surface area is 149 Å². The fourth-order valence-corrected chi connectivity index (χ4v) is 3.11. The van der Waals surface area contributed by atoms with Gasteiger partial charge in [0.1, 0.15) is 0 Å². The molecule has 0 spiro atoms. The summed E-state index contributed by atoms with van der Waals surface area (Å²) in [5, 5.41) is 0. The van der Waals surface area contributed by atoms with Crippen LogP contribution in [0.4, 0.5) is 0 Å². The number of rotatable bonds is 9. The largest absolute Gasteiger partial charge is 0.341 e. The van der Waals surface area contributed by atoms with Crippen molar-refractivity contribution in [1.29, 1.82) is 0 Å². The van der Waals surface area contributed by atoms with Gasteiger partial charge in [0.05, 0.1) is 18.1 Å². The highest BCUT2D eigenvalue weighted by atomic mass is 16.2. The Morgan fingerprint density at radius 3 is 2.80 bits per heavy atom. The molecule has 1 saturated carbocycles. The highest BCUT2D eigenvalue weighted by Gasteiger charge is 2.28. The molecular formula is C20H28N4O. The zero-order valence-corrected chi connectivity index (χ0v) is 15.0. The Kier molecular flexibility index (Phi) is 5.87. The summed E-state index contributed by atoms with van der Waals surface area (Å²) >= 11 is 0. The molecular weight excluding hydrogens is 312 g/mol. The maximum Gasteiger partial charge on any atom is 0.239 e. The number of benzene rings is 1. The first-order chi connectivity index (χ1) is 12.2. The van der Waals surface area contributed by atoms with Crippen LogP contribution >= 0.6 is 0 Å². The van der Waals surface area contributed by atoms with E-state index in [1.807, 2.05) is 40.2 Å². The lowest BCUT2D eigenvalue weighted by Crippen LogP contribution is -2.46. The van der Waals surface area contributed by atoms with Crippen LogP contribution in [0.3, 0.4) is 0 Å². The summed E-state index contributed by atoms with van der Waals surface area (Å²) < 4.78 is 2.04. The van der Waals surface area contributed by atoms with Gasteiger partial charge < -0.3 is 15.2 Å². The van der Waals surface area contributed by atoms with Crippen molar-refractivity contribution in [3.05, 3.63) is 54.1 Å². The van der Waals surface area contributed by atoms with Crippen LogP contribution in [0.25, 0.3) is 0 Å². The fourth-order valence-electron chi connectivity index (χ4n) is 3.11. The summed E-state index contributed by atoms with van der Waals surface area (Å²) in [6, 6.07) is 9.75. The quantitative estimate of drug-likeness (QED) is 0.762. The number of nitrogens with two attached hydrogens (primary N) is 1. The summed E-state index contributed by atoms with van der Waals surface area (Å²) in [5.41, 5.74) is 8.30. The average Bonchev–Trinajstić information content (AvgIpc) is 3.33. The third-order valence-corrected chi connectivity index (χ3v) is 4.62. The predicted molar refractivity (Wildman–Crippen MR) is 99.0 cm³/mol. The highest BCUT2D eigenvalue weighted by Crippen LogP contribution is 2.30. The van der Waals surface area contributed by atoms with Crippen molar-refractivity contribution in [3.8, 4) is 0 Å². The van der Waals surface area contributed by atoms with E-state index < -0.39 is 6.04 Å². The lowest BCUT2D eigenvalue weighted by atomic mass is 10.1. The van der Waals surface area contributed by atoms with Gasteiger partial charge in [-0.15, -0.1) is 0 Å². The van der Waals surface area contributed by atoms with Crippen molar-refractivity contribution >= 4 is 5.91 Å². The number of carbonyl (C=O) groups excluding carboxylic acids is 1. The monoisotopic (exact) mass is 340 g/mol. The molecule has 2 aromatic rings. The molecule has 1 atom stereocenters. The second kappa shape index (κ2) is 8.30. The van der Waals surface area contributed by atoms with E-state index in [4.69, 9.17) is 5.73 Å². The van der Waals surface area contributed by atoms with Gasteiger partial charge in [0.15, 0.2) is 0 Å². The Balaban J connectivity index is 1.56. The third kappa shape index (κ3) is 5.16. The number of aromatic nitrogens is 2. The standard InChI is InChI=1S/C20H28N4O/c1-2-10-24(13-17-8-9-17)20(25)19(21)11-18-14-23(15-22-18)12-16-6-4-3-5-7-16/h3-7,14-15,17,19H,2,8-13,21H2,1H3/t19-/m0/s1. The summed E-state index contributed by atoms with van der Waals surface area (Å²) in [5.74, 6) is 0.749. The second-order valence-corrected chi connectivity index (χ2v) is 7.06. The first kappa shape index (κ1) is 17.7. The van der Waals surface area contributed by atoms with Crippen LogP contribution in [-0.2, 0) is 17.8 Å². The normalized spacial score (nSPS) is 15.1. The second-order valence-electron chi connectivity index (χ2n) is 7.06. The number of nitrogens with zero attached hydrogens (tertiary/aromatic N) is 3. The van der Waals surface area contributed by atoms with Gasteiger partial charge in [-0.25, -0.2) is 4.98 Å². The summed E-state index contributed by atoms with van der Waals surface area (Å²) in [6.45, 7) is 4.54. The maximum absolute atomic E-state index is 12.7. The molecule has 1 amide bonds. The summed E-state index contributed by atoms with van der Waals surface area (Å²) in [7, 11) is 0. The van der Waals surface area contributed by atoms with E-state index in [9.17, 15) is 4.79 Å². The Bertz CT molecular complexity index is 678. The van der Waals surface area contributed by atoms with Crippen LogP contribution in [0.5, 0.6) is 0 Å². The van der Waals surface area contributed by atoms with Crippen molar-refractivity contribution < 1.29 is 4.79 Å². The first-order valence-corrected chi connectivity index (χ1v) is 9.24. The number of carbonyl (C=O) groups is 1. The van der Waals surface area contributed by atoms with Gasteiger partial charge in [0.2, 0.25) is 5.91 Å². The molecule has 0 unspecified atom stereocenters. The van der Waals surface area contributed by atoms with Gasteiger partial charge in [-0.05, 0) is 30.7 Å². The molecule has 1 aliphatic carbocycles. The van der Waals surface area contributed by atoms with Gasteiger partial charge in [-0.3, -0.25) is 4.79 Å². The Morgan fingerprint density at radius 1 is 1.36 bits per heavy atom. The smallest absolute Gasteiger partial charge is 0.239 e. The van der Waals surface area contributed by atoms with Crippen molar-refractivity contribution in [3.63, 3.8) is 0 Å². The fraction of sp³-hybridized carbons (Fsp3) is 0.500. The van der Waals surface area contributed by atoms with Gasteiger partial charge in [-0.1, -0.05) is 37.3 Å². The molecule has 134 valence electrons. The van der Waals surface area contributed by atoms with Crippen molar-refractivity contribution in [1.82, 2.24) is 14.5 Å². The van der Waals surface area contributed by atoms with Crippen molar-refractivity contribution in [2.24, 2.45) is 11.7 Å². The minimum Gasteiger partial charge on any atom is -0.341 e. The zero-order valence-electron chi connectivity index (χ0n) is 15.0. The van der Waals surface area contributed by atoms with Gasteiger partial charge >= 0.3 is 0 Å². The van der Waals surface area contributed by atoms with Crippen LogP contribution < -0.4 is 5.73 Å². The summed E-state index contributed by atoms with van der Waals surface area (Å²) in [6.07, 6.45) is 7.75. The number of hydrogen-bond donors (Lipinski definition) is 1. The Hall–Kier alpha value is -2.14. The average molecular weight is 340 g/mol. The van der Waals surface area contributed by atoms with Gasteiger partial charge in [-0.2, -0.15) is 0 Å². The molecule has 25 heavy (non-hydrogen) atoms. The van der Waals surface area contributed by atoms with Crippen molar-refractivity contribution in [2.75, 3.05) is 13.1 Å². The topological polar surface area (TPSA) is 64.2 Å². The lowest BCUT2D eigenvalue weighted by Gasteiger charge is -2.25. The van der Waals surface area contributed by atoms with Crippen LogP contribution in [-0.4, -0.2) is 39.5 Å². The van der Waals surface area contributed by atoms with Crippen LogP contribution in [0.1, 0.15) is 37.4 Å². The predicted octanol–water partition coefficient (Wildman–Crippen LogP) is 2.45. The molecule has 0 bridgehead atoms. The molecule has 5 nitrogen and oxygen atoms in total. The maximum atomic E-state index is 12.7. The van der Waals surface area contributed by atoms with E-state index in [-0.39, 0.29) is 5.91 Å². The molecule has 1 aromatic carbocycles. The molecule has 1 aromatic heterocycles. The SMILES string of the molecule is CCCN(CC1CC1)C(=O)[C@@H](N)Cc1cn(Cc2ccccc2)cn1. The molecule has 0 aliphatic heterocycles. The van der Waals surface area contributed by atoms with Crippen molar-refractivity contribution in [2.45, 2.75) is 45.2 Å². The van der Waals surface area contributed by atoms with Gasteiger partial charge in [0.25, 0.3) is 0 Å². The minimum atomic E-state index is -0.509. The van der Waals surface area contributed by atoms with E-state index in [1.54, 1.807) is 0 Å². The molecule has 1 heterocycles. The molecule has 0 saturated heterocycles. The van der Waals surface area contributed by atoms with E-state index in [1.165, 1.54) is 18.4 Å². The lowest BCUT2D eigenvalue weighted by molar-refractivity contribution is -0.132. The molecule has 2 N–H and O–H groups in total.